The van der Waals surface area contributed by atoms with Gasteiger partial charge in [0.15, 0.2) is 0 Å². The van der Waals surface area contributed by atoms with Gasteiger partial charge in [-0.3, -0.25) is 14.5 Å². The van der Waals surface area contributed by atoms with Gasteiger partial charge in [-0.05, 0) is 11.4 Å². The number of carbonyl (C=O) groups is 3. The van der Waals surface area contributed by atoms with Crippen LogP contribution in [0.2, 0.25) is 0 Å². The van der Waals surface area contributed by atoms with E-state index in [-0.39, 0.29) is 47.6 Å². The molecule has 8 nitrogen and oxygen atoms in total. The van der Waals surface area contributed by atoms with Crippen molar-refractivity contribution in [2.24, 2.45) is 5.16 Å². The van der Waals surface area contributed by atoms with Gasteiger partial charge in [-0.25, -0.2) is 0 Å². The Balaban J connectivity index is 0.00000243. The molecule has 1 aromatic heterocycles. The number of rotatable bonds is 6. The number of β-lactam (4-membered cyclic amide) rings is 1. The van der Waals surface area contributed by atoms with Crippen molar-refractivity contribution in [1.29, 1.82) is 0 Å². The van der Waals surface area contributed by atoms with Crippen LogP contribution in [0.5, 0.6) is 0 Å². The molecule has 0 radical (unpaired) electrons. The van der Waals surface area contributed by atoms with Crippen molar-refractivity contribution in [2.75, 3.05) is 12.9 Å². The van der Waals surface area contributed by atoms with E-state index in [0.29, 0.717) is 11.3 Å². The summed E-state index contributed by atoms with van der Waals surface area (Å²) in [6.07, 6.45) is 1.44. The fraction of sp³-hybridized carbons (Fsp3) is 0.333. The summed E-state index contributed by atoms with van der Waals surface area (Å²) in [5.41, 5.74) is 0.109. The van der Waals surface area contributed by atoms with E-state index < -0.39 is 23.3 Å². The van der Waals surface area contributed by atoms with Gasteiger partial charge in [-0.1, -0.05) is 11.2 Å². The summed E-state index contributed by atoms with van der Waals surface area (Å²) in [5.74, 6) is -1.88. The number of nitrogens with zero attached hydrogens (tertiary/aromatic N) is 2. The molecule has 3 rings (SSSR count). The maximum absolute atomic E-state index is 12.4. The molecule has 1 fully saturated rings. The van der Waals surface area contributed by atoms with Gasteiger partial charge in [-0.15, -0.1) is 23.1 Å². The Morgan fingerprint density at radius 3 is 2.92 bits per heavy atom. The minimum Gasteiger partial charge on any atom is -0.543 e. The number of aliphatic carboxylic acids is 1. The molecule has 132 valence electrons. The Hall–Kier alpha value is -1.33. The van der Waals surface area contributed by atoms with Crippen molar-refractivity contribution in [3.8, 4) is 0 Å². The van der Waals surface area contributed by atoms with E-state index in [1.54, 1.807) is 0 Å². The Morgan fingerprint density at radius 1 is 1.54 bits per heavy atom. The monoisotopic (exact) mass is 403 g/mol. The Kier molecular flexibility index (Phi) is 7.30. The Labute approximate surface area is 179 Å². The number of nitrogens with one attached hydrogen (secondary N) is 1. The van der Waals surface area contributed by atoms with Crippen LogP contribution in [0.4, 0.5) is 0 Å². The Morgan fingerprint density at radius 2 is 2.31 bits per heavy atom. The predicted octanol–water partition coefficient (Wildman–Crippen LogP) is -3.67. The molecule has 3 heterocycles. The zero-order valence-electron chi connectivity index (χ0n) is 14.1. The number of carbonyl (C=O) groups excluding carboxylic acids is 3. The molecule has 0 aromatic carbocycles. The molecule has 1 saturated heterocycles. The third kappa shape index (κ3) is 4.15. The van der Waals surface area contributed by atoms with Crippen LogP contribution in [-0.2, 0) is 25.6 Å². The van der Waals surface area contributed by atoms with Crippen LogP contribution in [0.15, 0.2) is 33.9 Å². The molecule has 11 heteroatoms. The van der Waals surface area contributed by atoms with Crippen LogP contribution in [0.3, 0.4) is 0 Å². The first-order chi connectivity index (χ1) is 12.0. The van der Waals surface area contributed by atoms with Crippen LogP contribution in [0.25, 0.3) is 0 Å². The summed E-state index contributed by atoms with van der Waals surface area (Å²) >= 11 is 2.81. The molecule has 0 spiro atoms. The number of thiophene rings is 1. The normalized spacial score (nSPS) is 21.7. The molecule has 2 aliphatic heterocycles. The molecule has 1 N–H and O–H groups in total. The maximum atomic E-state index is 12.4. The number of hydrogen-bond acceptors (Lipinski definition) is 8. The topological polar surface area (TPSA) is 111 Å². The van der Waals surface area contributed by atoms with E-state index in [9.17, 15) is 19.5 Å². The van der Waals surface area contributed by atoms with Gasteiger partial charge in [-0.2, -0.15) is 0 Å². The Bertz CT molecular complexity index is 765. The van der Waals surface area contributed by atoms with Crippen molar-refractivity contribution in [3.63, 3.8) is 0 Å². The number of thioether (sulfide) groups is 1. The molecule has 2 amide bonds. The van der Waals surface area contributed by atoms with Crippen LogP contribution in [0, 0.1) is 0 Å². The number of amides is 2. The molecule has 0 aliphatic carbocycles. The zero-order valence-corrected chi connectivity index (χ0v) is 17.8. The first kappa shape index (κ1) is 21.0. The maximum Gasteiger partial charge on any atom is 1.00 e. The third-order valence-corrected chi connectivity index (χ3v) is 5.92. The van der Waals surface area contributed by atoms with Crippen LogP contribution in [0.1, 0.15) is 4.88 Å². The van der Waals surface area contributed by atoms with Crippen LogP contribution < -0.4 is 40.0 Å². The second-order valence-electron chi connectivity index (χ2n) is 5.29. The average Bonchev–Trinajstić information content (AvgIpc) is 3.09. The van der Waals surface area contributed by atoms with E-state index >= 15 is 0 Å². The van der Waals surface area contributed by atoms with Crippen molar-refractivity contribution < 1.29 is 53.9 Å². The summed E-state index contributed by atoms with van der Waals surface area (Å²) in [7, 11) is 1.34. The SMILES string of the molecule is CON=CC1=C(C(=O)[O-])N2C(=O)[C@@H](NC(=O)Cc3cccs3)[C@H]2SC1.[Na+]. The van der Waals surface area contributed by atoms with Gasteiger partial charge in [0.05, 0.1) is 24.3 Å². The number of oxime groups is 1. The smallest absolute Gasteiger partial charge is 0.543 e. The number of carboxylic acid groups (broad SMARTS) is 1. The predicted molar refractivity (Wildman–Crippen MR) is 90.6 cm³/mol. The first-order valence-electron chi connectivity index (χ1n) is 7.30. The van der Waals surface area contributed by atoms with Crippen molar-refractivity contribution in [3.05, 3.63) is 33.7 Å². The minimum absolute atomic E-state index is 0. The number of fused-ring (bicyclic) bond motifs is 1. The van der Waals surface area contributed by atoms with Gasteiger partial charge in [0.1, 0.15) is 18.5 Å². The second-order valence-corrected chi connectivity index (χ2v) is 7.43. The van der Waals surface area contributed by atoms with Gasteiger partial charge in [0.25, 0.3) is 5.91 Å². The molecule has 0 bridgehead atoms. The fourth-order valence-electron chi connectivity index (χ4n) is 2.64. The van der Waals surface area contributed by atoms with Crippen LogP contribution in [-0.4, -0.2) is 53.2 Å². The molecule has 1 aromatic rings. The van der Waals surface area contributed by atoms with E-state index in [0.717, 1.165) is 9.78 Å². The first-order valence-corrected chi connectivity index (χ1v) is 9.23. The fourth-order valence-corrected chi connectivity index (χ4v) is 4.64. The van der Waals surface area contributed by atoms with Gasteiger partial charge < -0.3 is 20.1 Å². The summed E-state index contributed by atoms with van der Waals surface area (Å²) < 4.78 is 0. The standard InChI is InChI=1S/C15H15N3O5S2.Na/c1-23-16-6-8-7-25-14-11(13(20)18(14)12(8)15(21)22)17-10(19)5-9-3-2-4-24-9;/h2-4,6,11,14H,5,7H2,1H3,(H,17,19)(H,21,22);/q;+1/p-1/t11-,14-;/m1./s1. The van der Waals surface area contributed by atoms with E-state index in [1.807, 2.05) is 17.5 Å². The summed E-state index contributed by atoms with van der Waals surface area (Å²) in [4.78, 5) is 42.5. The summed E-state index contributed by atoms with van der Waals surface area (Å²) in [6.45, 7) is 0. The molecule has 2 aliphatic rings. The quantitative estimate of drug-likeness (QED) is 0.227. The molecular formula is C15H14N3NaO5S2. The van der Waals surface area contributed by atoms with Gasteiger partial charge >= 0.3 is 29.6 Å². The second kappa shape index (κ2) is 9.05. The minimum atomic E-state index is -1.46. The molecule has 2 atom stereocenters. The molecule has 26 heavy (non-hydrogen) atoms. The van der Waals surface area contributed by atoms with E-state index in [4.69, 9.17) is 0 Å². The van der Waals surface area contributed by atoms with Crippen molar-refractivity contribution in [2.45, 2.75) is 17.8 Å². The van der Waals surface area contributed by atoms with E-state index in [2.05, 4.69) is 15.3 Å². The van der Waals surface area contributed by atoms with Gasteiger partial charge in [0, 0.05) is 16.2 Å². The number of hydrogen-bond donors (Lipinski definition) is 1. The number of carboxylic acids is 1. The molecule has 0 saturated carbocycles. The van der Waals surface area contributed by atoms with Gasteiger partial charge in [0.2, 0.25) is 5.91 Å². The van der Waals surface area contributed by atoms with Crippen molar-refractivity contribution >= 4 is 47.1 Å². The van der Waals surface area contributed by atoms with Crippen molar-refractivity contribution in [1.82, 2.24) is 10.2 Å². The van der Waals surface area contributed by atoms with E-state index in [1.165, 1.54) is 36.4 Å². The molecule has 0 unspecified atom stereocenters. The molecular weight excluding hydrogens is 389 g/mol. The zero-order chi connectivity index (χ0) is 18.0. The summed E-state index contributed by atoms with van der Waals surface area (Å²) in [5, 5.41) is 19.1. The van der Waals surface area contributed by atoms with Crippen LogP contribution >= 0.6 is 23.1 Å². The average molecular weight is 403 g/mol. The summed E-state index contributed by atoms with van der Waals surface area (Å²) in [6, 6.07) is 2.95. The third-order valence-electron chi connectivity index (χ3n) is 3.74. The largest absolute Gasteiger partial charge is 1.00 e.